The summed E-state index contributed by atoms with van der Waals surface area (Å²) in [5, 5.41) is 12.0. The first-order chi connectivity index (χ1) is 14.3. The van der Waals surface area contributed by atoms with Crippen LogP contribution in [0.3, 0.4) is 0 Å². The highest BCUT2D eigenvalue weighted by molar-refractivity contribution is 5.92. The Morgan fingerprint density at radius 2 is 1.70 bits per heavy atom. The van der Waals surface area contributed by atoms with Crippen molar-refractivity contribution in [2.75, 3.05) is 18.4 Å². The summed E-state index contributed by atoms with van der Waals surface area (Å²) in [5.74, 6) is 0.00844. The summed E-state index contributed by atoms with van der Waals surface area (Å²) in [6.45, 7) is 7.57. The summed E-state index contributed by atoms with van der Waals surface area (Å²) in [6, 6.07) is 9.97. The first-order valence-corrected chi connectivity index (χ1v) is 10.2. The van der Waals surface area contributed by atoms with Gasteiger partial charge in [-0.05, 0) is 31.2 Å². The standard InChI is InChI=1S/C22H29N5O3/c1-15(2)18(16-7-5-4-6-8-16)20(29)27-11-9-22(3,10-12-27)25-21-23-13-17(14-24-21)19(28)26-30/h4-8,13-15,18,30H,9-12H2,1-3H3,(H,26,28)(H,23,24,25)/t18-/m1/s1. The number of carbonyl (C=O) groups excluding carboxylic acids is 2. The molecule has 0 spiro atoms. The molecule has 1 atom stereocenters. The van der Waals surface area contributed by atoms with Crippen molar-refractivity contribution in [1.82, 2.24) is 20.3 Å². The average molecular weight is 412 g/mol. The number of nitrogens with one attached hydrogen (secondary N) is 2. The van der Waals surface area contributed by atoms with Gasteiger partial charge < -0.3 is 10.2 Å². The van der Waals surface area contributed by atoms with Crippen LogP contribution in [0.5, 0.6) is 0 Å². The number of aromatic nitrogens is 2. The van der Waals surface area contributed by atoms with Gasteiger partial charge in [0.1, 0.15) is 0 Å². The van der Waals surface area contributed by atoms with Gasteiger partial charge in [-0.3, -0.25) is 14.8 Å². The van der Waals surface area contributed by atoms with E-state index in [1.54, 1.807) is 5.48 Å². The van der Waals surface area contributed by atoms with E-state index in [9.17, 15) is 9.59 Å². The van der Waals surface area contributed by atoms with Gasteiger partial charge in [-0.1, -0.05) is 44.2 Å². The lowest BCUT2D eigenvalue weighted by atomic mass is 9.85. The number of carbonyl (C=O) groups is 2. The van der Waals surface area contributed by atoms with Gasteiger partial charge in [-0.15, -0.1) is 0 Å². The topological polar surface area (TPSA) is 107 Å². The predicted molar refractivity (Wildman–Crippen MR) is 113 cm³/mol. The fourth-order valence-electron chi connectivity index (χ4n) is 3.86. The van der Waals surface area contributed by atoms with E-state index in [2.05, 4.69) is 36.1 Å². The van der Waals surface area contributed by atoms with Crippen LogP contribution >= 0.6 is 0 Å². The average Bonchev–Trinajstić information content (AvgIpc) is 2.74. The summed E-state index contributed by atoms with van der Waals surface area (Å²) in [7, 11) is 0. The minimum absolute atomic E-state index is 0.142. The maximum atomic E-state index is 13.3. The number of hydrogen-bond donors (Lipinski definition) is 3. The van der Waals surface area contributed by atoms with Crippen molar-refractivity contribution >= 4 is 17.8 Å². The van der Waals surface area contributed by atoms with Gasteiger partial charge in [-0.25, -0.2) is 15.4 Å². The van der Waals surface area contributed by atoms with Gasteiger partial charge in [0.05, 0.1) is 11.5 Å². The maximum Gasteiger partial charge on any atom is 0.277 e. The molecule has 1 fully saturated rings. The second-order valence-corrected chi connectivity index (χ2v) is 8.38. The summed E-state index contributed by atoms with van der Waals surface area (Å²) in [4.78, 5) is 34.9. The maximum absolute atomic E-state index is 13.3. The summed E-state index contributed by atoms with van der Waals surface area (Å²) in [5.41, 5.74) is 2.54. The van der Waals surface area contributed by atoms with Crippen LogP contribution in [0.2, 0.25) is 0 Å². The molecular weight excluding hydrogens is 382 g/mol. The van der Waals surface area contributed by atoms with Crippen molar-refractivity contribution in [3.05, 3.63) is 53.9 Å². The smallest absolute Gasteiger partial charge is 0.277 e. The van der Waals surface area contributed by atoms with Crippen molar-refractivity contribution in [1.29, 1.82) is 0 Å². The Balaban J connectivity index is 1.63. The highest BCUT2D eigenvalue weighted by atomic mass is 16.5. The number of likely N-dealkylation sites (tertiary alicyclic amines) is 1. The fourth-order valence-corrected chi connectivity index (χ4v) is 3.86. The Morgan fingerprint density at radius 3 is 2.23 bits per heavy atom. The molecule has 0 radical (unpaired) electrons. The van der Waals surface area contributed by atoms with Crippen LogP contribution in [0, 0.1) is 5.92 Å². The molecule has 1 aliphatic rings. The SMILES string of the molecule is CC(C)[C@@H](C(=O)N1CCC(C)(Nc2ncc(C(=O)NO)cn2)CC1)c1ccccc1. The second kappa shape index (κ2) is 9.21. The van der Waals surface area contributed by atoms with E-state index in [0.717, 1.165) is 18.4 Å². The fraction of sp³-hybridized carbons (Fsp3) is 0.455. The number of amides is 2. The minimum atomic E-state index is -0.655. The summed E-state index contributed by atoms with van der Waals surface area (Å²) >= 11 is 0. The Morgan fingerprint density at radius 1 is 1.10 bits per heavy atom. The van der Waals surface area contributed by atoms with E-state index in [1.807, 2.05) is 35.2 Å². The van der Waals surface area contributed by atoms with Crippen LogP contribution in [0.15, 0.2) is 42.7 Å². The molecule has 2 amide bonds. The van der Waals surface area contributed by atoms with Crippen LogP contribution in [0.1, 0.15) is 55.5 Å². The number of nitrogens with zero attached hydrogens (tertiary/aromatic N) is 3. The monoisotopic (exact) mass is 411 g/mol. The van der Waals surface area contributed by atoms with E-state index >= 15 is 0 Å². The van der Waals surface area contributed by atoms with Crippen LogP contribution in [-0.4, -0.2) is 50.5 Å². The van der Waals surface area contributed by atoms with E-state index in [1.165, 1.54) is 12.4 Å². The third kappa shape index (κ3) is 4.94. The van der Waals surface area contributed by atoms with E-state index in [0.29, 0.717) is 19.0 Å². The van der Waals surface area contributed by atoms with Gasteiger partial charge in [0.15, 0.2) is 0 Å². The molecule has 1 aliphatic heterocycles. The Kier molecular flexibility index (Phi) is 6.66. The molecule has 160 valence electrons. The zero-order chi connectivity index (χ0) is 21.7. The normalized spacial score (nSPS) is 16.8. The van der Waals surface area contributed by atoms with Crippen molar-refractivity contribution < 1.29 is 14.8 Å². The highest BCUT2D eigenvalue weighted by Gasteiger charge is 2.35. The highest BCUT2D eigenvalue weighted by Crippen LogP contribution is 2.31. The molecule has 2 heterocycles. The van der Waals surface area contributed by atoms with Crippen LogP contribution in [-0.2, 0) is 4.79 Å². The number of benzene rings is 1. The van der Waals surface area contributed by atoms with E-state index in [-0.39, 0.29) is 28.8 Å². The predicted octanol–water partition coefficient (Wildman–Crippen LogP) is 2.83. The van der Waals surface area contributed by atoms with Crippen LogP contribution in [0.4, 0.5) is 5.95 Å². The number of anilines is 1. The van der Waals surface area contributed by atoms with E-state index < -0.39 is 5.91 Å². The first kappa shape index (κ1) is 21.7. The minimum Gasteiger partial charge on any atom is -0.349 e. The summed E-state index contributed by atoms with van der Waals surface area (Å²) < 4.78 is 0. The lowest BCUT2D eigenvalue weighted by Crippen LogP contribution is -2.50. The third-order valence-electron chi connectivity index (χ3n) is 5.70. The number of piperidine rings is 1. The molecule has 8 nitrogen and oxygen atoms in total. The molecule has 8 heteroatoms. The van der Waals surface area contributed by atoms with Crippen molar-refractivity contribution in [2.24, 2.45) is 5.92 Å². The van der Waals surface area contributed by atoms with Crippen LogP contribution < -0.4 is 10.8 Å². The number of hydroxylamine groups is 1. The Hall–Kier alpha value is -3.00. The molecular formula is C22H29N5O3. The molecule has 30 heavy (non-hydrogen) atoms. The lowest BCUT2D eigenvalue weighted by Gasteiger charge is -2.41. The lowest BCUT2D eigenvalue weighted by molar-refractivity contribution is -0.135. The van der Waals surface area contributed by atoms with E-state index in [4.69, 9.17) is 5.21 Å². The van der Waals surface area contributed by atoms with Crippen molar-refractivity contribution in [3.8, 4) is 0 Å². The molecule has 3 N–H and O–H groups in total. The zero-order valence-corrected chi connectivity index (χ0v) is 17.6. The van der Waals surface area contributed by atoms with Gasteiger partial charge in [-0.2, -0.15) is 0 Å². The summed E-state index contributed by atoms with van der Waals surface area (Å²) in [6.07, 6.45) is 4.24. The number of rotatable bonds is 6. The third-order valence-corrected chi connectivity index (χ3v) is 5.70. The molecule has 1 aromatic carbocycles. The van der Waals surface area contributed by atoms with Crippen molar-refractivity contribution in [3.63, 3.8) is 0 Å². The second-order valence-electron chi connectivity index (χ2n) is 8.38. The number of hydrogen-bond acceptors (Lipinski definition) is 6. The van der Waals surface area contributed by atoms with Gasteiger partial charge in [0.2, 0.25) is 11.9 Å². The van der Waals surface area contributed by atoms with Crippen LogP contribution in [0.25, 0.3) is 0 Å². The molecule has 3 rings (SSSR count). The molecule has 0 bridgehead atoms. The van der Waals surface area contributed by atoms with Crippen molar-refractivity contribution in [2.45, 2.75) is 45.1 Å². The molecule has 1 aromatic heterocycles. The first-order valence-electron chi connectivity index (χ1n) is 10.2. The Bertz CT molecular complexity index is 862. The molecule has 2 aromatic rings. The largest absolute Gasteiger partial charge is 0.349 e. The molecule has 0 aliphatic carbocycles. The zero-order valence-electron chi connectivity index (χ0n) is 17.6. The van der Waals surface area contributed by atoms with Gasteiger partial charge in [0, 0.05) is 31.0 Å². The molecule has 0 unspecified atom stereocenters. The van der Waals surface area contributed by atoms with Gasteiger partial charge in [0.25, 0.3) is 5.91 Å². The molecule has 0 saturated carbocycles. The van der Waals surface area contributed by atoms with Gasteiger partial charge >= 0.3 is 0 Å². The quantitative estimate of drug-likeness (QED) is 0.498. The molecule has 1 saturated heterocycles. The Labute approximate surface area is 176 Å².